The molecule has 0 aliphatic rings. The highest BCUT2D eigenvalue weighted by atomic mass is 79.9. The summed E-state index contributed by atoms with van der Waals surface area (Å²) < 4.78 is 5.16. The Labute approximate surface area is 113 Å². The van der Waals surface area contributed by atoms with Crippen LogP contribution in [-0.4, -0.2) is 16.5 Å². The molecule has 0 atom stereocenters. The van der Waals surface area contributed by atoms with Crippen LogP contribution in [-0.2, 0) is 10.1 Å². The van der Waals surface area contributed by atoms with Crippen LogP contribution in [0.4, 0.5) is 5.69 Å². The first-order chi connectivity index (χ1) is 8.24. The number of hydrogen-bond acceptors (Lipinski definition) is 4. The average Bonchev–Trinajstić information content (AvgIpc) is 2.25. The average molecular weight is 316 g/mol. The van der Waals surface area contributed by atoms with Crippen molar-refractivity contribution in [1.29, 1.82) is 0 Å². The molecule has 18 heavy (non-hydrogen) atoms. The van der Waals surface area contributed by atoms with Crippen molar-refractivity contribution in [3.8, 4) is 0 Å². The Morgan fingerprint density at radius 1 is 1.44 bits per heavy atom. The molecule has 1 aromatic carbocycles. The van der Waals surface area contributed by atoms with Crippen molar-refractivity contribution in [2.45, 2.75) is 31.7 Å². The second-order valence-corrected chi connectivity index (χ2v) is 5.30. The number of rotatable bonds is 3. The third-order valence-electron chi connectivity index (χ3n) is 2.06. The lowest BCUT2D eigenvalue weighted by Crippen LogP contribution is -2.23. The zero-order valence-corrected chi connectivity index (χ0v) is 12.0. The van der Waals surface area contributed by atoms with Gasteiger partial charge in [-0.3, -0.25) is 10.1 Å². The van der Waals surface area contributed by atoms with Gasteiger partial charge in [-0.2, -0.15) is 0 Å². The van der Waals surface area contributed by atoms with Crippen molar-refractivity contribution < 1.29 is 14.5 Å². The van der Waals surface area contributed by atoms with Crippen LogP contribution >= 0.6 is 15.9 Å². The molecule has 0 amide bonds. The maximum atomic E-state index is 11.8. The molecule has 0 bridgehead atoms. The number of hydrogen-bond donors (Lipinski definition) is 0. The minimum Gasteiger partial charge on any atom is -0.456 e. The number of nitro benzene ring substituents is 1. The Balaban J connectivity index is 3.09. The first kappa shape index (κ1) is 14.6. The van der Waals surface area contributed by atoms with Crippen LogP contribution in [0.25, 0.3) is 0 Å². The topological polar surface area (TPSA) is 69.4 Å². The van der Waals surface area contributed by atoms with E-state index in [1.807, 2.05) is 0 Å². The van der Waals surface area contributed by atoms with E-state index in [0.29, 0.717) is 10.9 Å². The summed E-state index contributed by atoms with van der Waals surface area (Å²) in [6.07, 6.45) is 0. The molecule has 5 nitrogen and oxygen atoms in total. The van der Waals surface area contributed by atoms with Gasteiger partial charge in [-0.05, 0) is 26.8 Å². The fourth-order valence-electron chi connectivity index (χ4n) is 1.31. The van der Waals surface area contributed by atoms with Crippen LogP contribution in [0.5, 0.6) is 0 Å². The summed E-state index contributed by atoms with van der Waals surface area (Å²) in [4.78, 5) is 22.1. The maximum Gasteiger partial charge on any atom is 0.338 e. The van der Waals surface area contributed by atoms with E-state index in [2.05, 4.69) is 15.9 Å². The third-order valence-corrected chi connectivity index (χ3v) is 2.66. The summed E-state index contributed by atoms with van der Waals surface area (Å²) in [7, 11) is 0. The van der Waals surface area contributed by atoms with Crippen molar-refractivity contribution in [1.82, 2.24) is 0 Å². The Hall–Kier alpha value is -1.43. The fourth-order valence-corrected chi connectivity index (χ4v) is 1.78. The van der Waals surface area contributed by atoms with E-state index in [1.165, 1.54) is 12.1 Å². The first-order valence-electron chi connectivity index (χ1n) is 5.31. The number of carbonyl (C=O) groups excluding carboxylic acids is 1. The molecule has 0 radical (unpaired) electrons. The molecule has 1 aromatic rings. The van der Waals surface area contributed by atoms with Crippen LogP contribution in [0.1, 0.15) is 36.7 Å². The Morgan fingerprint density at radius 2 is 2.06 bits per heavy atom. The molecule has 0 fully saturated rings. The lowest BCUT2D eigenvalue weighted by atomic mass is 10.1. The van der Waals surface area contributed by atoms with Crippen LogP contribution < -0.4 is 0 Å². The summed E-state index contributed by atoms with van der Waals surface area (Å²) in [5.41, 5.74) is -0.0103. The lowest BCUT2D eigenvalue weighted by Gasteiger charge is -2.19. The van der Waals surface area contributed by atoms with Crippen molar-refractivity contribution >= 4 is 27.6 Å². The Morgan fingerprint density at radius 3 is 2.50 bits per heavy atom. The van der Waals surface area contributed by atoms with E-state index >= 15 is 0 Å². The molecular formula is C12H14BrNO4. The number of nitrogens with zero attached hydrogens (tertiary/aromatic N) is 1. The minimum atomic E-state index is -0.625. The SMILES string of the molecule is CC(C)(C)OC(=O)c1ccc(CBr)c([N+](=O)[O-])c1. The second-order valence-electron chi connectivity index (χ2n) is 4.74. The highest BCUT2D eigenvalue weighted by molar-refractivity contribution is 9.08. The molecule has 1 rings (SSSR count). The molecule has 0 saturated carbocycles. The standard InChI is InChI=1S/C12H14BrNO4/c1-12(2,3)18-11(15)8-4-5-9(7-13)10(6-8)14(16)17/h4-6H,7H2,1-3H3. The van der Waals surface area contributed by atoms with E-state index in [4.69, 9.17) is 4.74 Å². The van der Waals surface area contributed by atoms with Crippen LogP contribution in [0, 0.1) is 10.1 Å². The summed E-state index contributed by atoms with van der Waals surface area (Å²) in [5, 5.41) is 11.2. The second kappa shape index (κ2) is 5.48. The number of ether oxygens (including phenoxy) is 1. The van der Waals surface area contributed by atoms with E-state index < -0.39 is 16.5 Å². The number of benzene rings is 1. The van der Waals surface area contributed by atoms with Gasteiger partial charge in [-0.15, -0.1) is 0 Å². The van der Waals surface area contributed by atoms with Crippen LogP contribution in [0.15, 0.2) is 18.2 Å². The van der Waals surface area contributed by atoms with Gasteiger partial charge in [0.05, 0.1) is 10.5 Å². The van der Waals surface area contributed by atoms with Crippen molar-refractivity contribution in [3.63, 3.8) is 0 Å². The zero-order chi connectivity index (χ0) is 13.9. The molecule has 0 aliphatic carbocycles. The minimum absolute atomic E-state index is 0.0877. The Kier molecular flexibility index (Phi) is 4.45. The van der Waals surface area contributed by atoms with Gasteiger partial charge in [0.1, 0.15) is 5.60 Å². The fraction of sp³-hybridized carbons (Fsp3) is 0.417. The molecule has 0 aromatic heterocycles. The first-order valence-corrected chi connectivity index (χ1v) is 6.43. The monoisotopic (exact) mass is 315 g/mol. The van der Waals surface area contributed by atoms with Crippen LogP contribution in [0.3, 0.4) is 0 Å². The molecule has 6 heteroatoms. The zero-order valence-electron chi connectivity index (χ0n) is 10.4. The summed E-state index contributed by atoms with van der Waals surface area (Å²) >= 11 is 3.17. The molecule has 0 heterocycles. The molecule has 0 saturated heterocycles. The number of alkyl halides is 1. The highest BCUT2D eigenvalue weighted by Crippen LogP contribution is 2.23. The maximum absolute atomic E-state index is 11.8. The number of halogens is 1. The van der Waals surface area contributed by atoms with E-state index in [-0.39, 0.29) is 11.3 Å². The van der Waals surface area contributed by atoms with E-state index in [0.717, 1.165) is 0 Å². The molecular weight excluding hydrogens is 302 g/mol. The number of nitro groups is 1. The van der Waals surface area contributed by atoms with Gasteiger partial charge in [0.15, 0.2) is 0 Å². The third kappa shape index (κ3) is 3.80. The van der Waals surface area contributed by atoms with Gasteiger partial charge >= 0.3 is 5.97 Å². The van der Waals surface area contributed by atoms with Gasteiger partial charge in [0.2, 0.25) is 0 Å². The van der Waals surface area contributed by atoms with Gasteiger partial charge in [0, 0.05) is 17.0 Å². The van der Waals surface area contributed by atoms with Gasteiger partial charge in [-0.25, -0.2) is 4.79 Å². The molecule has 0 unspecified atom stereocenters. The molecule has 0 spiro atoms. The van der Waals surface area contributed by atoms with Gasteiger partial charge < -0.3 is 4.74 Å². The summed E-state index contributed by atoms with van der Waals surface area (Å²) in [5.74, 6) is -0.563. The van der Waals surface area contributed by atoms with Gasteiger partial charge in [0.25, 0.3) is 5.69 Å². The normalized spacial score (nSPS) is 11.1. The van der Waals surface area contributed by atoms with E-state index in [9.17, 15) is 14.9 Å². The number of esters is 1. The van der Waals surface area contributed by atoms with Crippen molar-refractivity contribution in [3.05, 3.63) is 39.4 Å². The predicted octanol–water partition coefficient (Wildman–Crippen LogP) is 3.45. The van der Waals surface area contributed by atoms with Crippen molar-refractivity contribution in [2.24, 2.45) is 0 Å². The summed E-state index contributed by atoms with van der Waals surface area (Å²) in [6.45, 7) is 5.23. The Bertz CT molecular complexity index is 479. The van der Waals surface area contributed by atoms with Gasteiger partial charge in [-0.1, -0.05) is 22.0 Å². The highest BCUT2D eigenvalue weighted by Gasteiger charge is 2.21. The lowest BCUT2D eigenvalue weighted by molar-refractivity contribution is -0.385. The van der Waals surface area contributed by atoms with Crippen LogP contribution in [0.2, 0.25) is 0 Å². The summed E-state index contributed by atoms with van der Waals surface area (Å²) in [6, 6.07) is 4.31. The molecule has 0 N–H and O–H groups in total. The molecule has 98 valence electrons. The predicted molar refractivity (Wildman–Crippen MR) is 70.9 cm³/mol. The largest absolute Gasteiger partial charge is 0.456 e. The van der Waals surface area contributed by atoms with E-state index in [1.54, 1.807) is 26.8 Å². The smallest absolute Gasteiger partial charge is 0.338 e. The molecule has 0 aliphatic heterocycles. The van der Waals surface area contributed by atoms with Crippen molar-refractivity contribution in [2.75, 3.05) is 0 Å². The number of carbonyl (C=O) groups is 1. The quantitative estimate of drug-likeness (QED) is 0.371.